The summed E-state index contributed by atoms with van der Waals surface area (Å²) in [4.78, 5) is 55.3. The number of anilines is 2. The molecule has 0 aliphatic carbocycles. The van der Waals surface area contributed by atoms with Crippen LogP contribution in [0, 0.1) is 6.92 Å². The van der Waals surface area contributed by atoms with Gasteiger partial charge < -0.3 is 30.7 Å². The number of benzene rings is 2. The molecule has 40 heavy (non-hydrogen) atoms. The third-order valence-corrected chi connectivity index (χ3v) is 6.49. The van der Waals surface area contributed by atoms with Crippen LogP contribution in [0.2, 0.25) is 0 Å². The van der Waals surface area contributed by atoms with Crippen LogP contribution >= 0.6 is 0 Å². The molecule has 0 spiro atoms. The smallest absolute Gasteiger partial charge is 0.326 e. The van der Waals surface area contributed by atoms with E-state index in [2.05, 4.69) is 21.4 Å². The van der Waals surface area contributed by atoms with E-state index in [9.17, 15) is 24.3 Å². The number of methoxy groups -OCH3 is 1. The highest BCUT2D eigenvalue weighted by Gasteiger charge is 2.31. The van der Waals surface area contributed by atoms with Crippen molar-refractivity contribution in [3.63, 3.8) is 0 Å². The Kier molecular flexibility index (Phi) is 10.1. The normalized spacial score (nSPS) is 15.1. The van der Waals surface area contributed by atoms with E-state index >= 15 is 0 Å². The molecular weight excluding hydrogens is 518 g/mol. The van der Waals surface area contributed by atoms with Gasteiger partial charge in [-0.05, 0) is 48.7 Å². The molecule has 2 aromatic carbocycles. The second kappa shape index (κ2) is 13.5. The number of rotatable bonds is 11. The summed E-state index contributed by atoms with van der Waals surface area (Å²) in [7, 11) is 3.13. The van der Waals surface area contributed by atoms with Gasteiger partial charge in [-0.25, -0.2) is 9.59 Å². The number of amides is 4. The molecule has 0 fully saturated rings. The van der Waals surface area contributed by atoms with Crippen molar-refractivity contribution in [1.82, 2.24) is 15.7 Å². The number of carboxylic acid groups (broad SMARTS) is 1. The van der Waals surface area contributed by atoms with Gasteiger partial charge in [0.05, 0.1) is 31.5 Å². The van der Waals surface area contributed by atoms with Gasteiger partial charge in [0.15, 0.2) is 0 Å². The van der Waals surface area contributed by atoms with Crippen LogP contribution in [-0.4, -0.2) is 66.7 Å². The summed E-state index contributed by atoms with van der Waals surface area (Å²) >= 11 is 0. The minimum Gasteiger partial charge on any atom is -0.495 e. The molecule has 214 valence electrons. The summed E-state index contributed by atoms with van der Waals surface area (Å²) in [6, 6.07) is 11.0. The van der Waals surface area contributed by atoms with Gasteiger partial charge in [0.25, 0.3) is 0 Å². The third-order valence-electron chi connectivity index (χ3n) is 6.49. The Labute approximate surface area is 232 Å². The molecule has 5 N–H and O–H groups in total. The Morgan fingerprint density at radius 1 is 1.10 bits per heavy atom. The summed E-state index contributed by atoms with van der Waals surface area (Å²) in [5.41, 5.74) is 6.94. The second-order valence-electron chi connectivity index (χ2n) is 9.55. The molecule has 3 rings (SSSR count). The molecule has 2 atom stereocenters. The maximum Gasteiger partial charge on any atom is 0.326 e. The fourth-order valence-corrected chi connectivity index (χ4v) is 4.14. The van der Waals surface area contributed by atoms with Gasteiger partial charge in [-0.3, -0.25) is 19.9 Å². The predicted octanol–water partition coefficient (Wildman–Crippen LogP) is 2.81. The fraction of sp³-hybridized carbons (Fsp3) is 0.357. The molecule has 4 amide bonds. The standard InChI is InChI=1S/C28H35N5O7/c1-16-8-6-7-9-20(16)30-28(38)31-21-11-10-19(12-25(21)39-5)13-26(35)33(4)15-23-17(2)24(40-32-23)14-22(27(36)37)29-18(3)34/h6-12,22,24,32H,13-15H2,1-5H3,(H,29,34)(H,36,37)(H2,30,31,38). The number of ether oxygens (including phenoxy) is 1. The van der Waals surface area contributed by atoms with Crippen LogP contribution < -0.4 is 26.2 Å². The number of carbonyl (C=O) groups is 4. The molecule has 1 heterocycles. The zero-order valence-corrected chi connectivity index (χ0v) is 23.2. The number of nitrogens with one attached hydrogen (secondary N) is 4. The number of hydrogen-bond donors (Lipinski definition) is 5. The molecule has 1 aliphatic heterocycles. The Morgan fingerprint density at radius 2 is 1.80 bits per heavy atom. The van der Waals surface area contributed by atoms with Crippen LogP contribution in [0.25, 0.3) is 0 Å². The monoisotopic (exact) mass is 553 g/mol. The summed E-state index contributed by atoms with van der Waals surface area (Å²) in [6.07, 6.45) is -0.445. The number of likely N-dealkylation sites (N-methyl/N-ethyl adjacent to an activating group) is 1. The first-order valence-electron chi connectivity index (χ1n) is 12.6. The van der Waals surface area contributed by atoms with Crippen LogP contribution in [0.5, 0.6) is 5.75 Å². The van der Waals surface area contributed by atoms with Crippen LogP contribution in [0.1, 0.15) is 31.4 Å². The number of aliphatic carboxylic acids is 1. The molecule has 2 aromatic rings. The molecule has 0 saturated carbocycles. The van der Waals surface area contributed by atoms with E-state index in [1.807, 2.05) is 25.1 Å². The van der Waals surface area contributed by atoms with E-state index in [0.717, 1.165) is 11.1 Å². The molecule has 0 saturated heterocycles. The van der Waals surface area contributed by atoms with Crippen LogP contribution in [0.4, 0.5) is 16.2 Å². The average molecular weight is 554 g/mol. The zero-order chi connectivity index (χ0) is 29.4. The van der Waals surface area contributed by atoms with Crippen LogP contribution in [0.15, 0.2) is 53.7 Å². The van der Waals surface area contributed by atoms with E-state index in [4.69, 9.17) is 9.57 Å². The molecule has 2 unspecified atom stereocenters. The topological polar surface area (TPSA) is 158 Å². The number of carbonyl (C=O) groups excluding carboxylic acids is 3. The van der Waals surface area contributed by atoms with Crippen molar-refractivity contribution < 1.29 is 33.9 Å². The van der Waals surface area contributed by atoms with Gasteiger partial charge in [-0.15, -0.1) is 0 Å². The van der Waals surface area contributed by atoms with Crippen molar-refractivity contribution in [3.05, 3.63) is 64.9 Å². The van der Waals surface area contributed by atoms with Gasteiger partial charge in [0, 0.05) is 26.1 Å². The van der Waals surface area contributed by atoms with Gasteiger partial charge in [0.1, 0.15) is 17.9 Å². The largest absolute Gasteiger partial charge is 0.495 e. The maximum atomic E-state index is 13.0. The highest BCUT2D eigenvalue weighted by molar-refractivity contribution is 6.01. The number of hydrogen-bond acceptors (Lipinski definition) is 7. The molecule has 1 aliphatic rings. The van der Waals surface area contributed by atoms with E-state index in [0.29, 0.717) is 28.4 Å². The van der Waals surface area contributed by atoms with Crippen LogP contribution in [-0.2, 0) is 25.6 Å². The first-order valence-corrected chi connectivity index (χ1v) is 12.6. The Morgan fingerprint density at radius 3 is 2.45 bits per heavy atom. The third kappa shape index (κ3) is 7.96. The van der Waals surface area contributed by atoms with Crippen molar-refractivity contribution in [2.24, 2.45) is 0 Å². The second-order valence-corrected chi connectivity index (χ2v) is 9.55. The number of nitrogens with zero attached hydrogens (tertiary/aromatic N) is 1. The SMILES string of the molecule is COc1cc(CC(=O)N(C)CC2=C(C)C(CC(NC(C)=O)C(=O)O)ON2)ccc1NC(=O)Nc1ccccc1C. The lowest BCUT2D eigenvalue weighted by Gasteiger charge is -2.19. The van der Waals surface area contributed by atoms with Crippen molar-refractivity contribution in [3.8, 4) is 5.75 Å². The highest BCUT2D eigenvalue weighted by Crippen LogP contribution is 2.27. The minimum atomic E-state index is -1.16. The van der Waals surface area contributed by atoms with Crippen molar-refractivity contribution in [1.29, 1.82) is 0 Å². The van der Waals surface area contributed by atoms with Crippen molar-refractivity contribution >= 4 is 35.2 Å². The molecule has 0 radical (unpaired) electrons. The first-order chi connectivity index (χ1) is 19.0. The van der Waals surface area contributed by atoms with Gasteiger partial charge >= 0.3 is 12.0 Å². The predicted molar refractivity (Wildman–Crippen MR) is 149 cm³/mol. The quantitative estimate of drug-likeness (QED) is 0.284. The number of carboxylic acids is 1. The fourth-order valence-electron chi connectivity index (χ4n) is 4.14. The average Bonchev–Trinajstić information content (AvgIpc) is 3.23. The number of para-hydroxylation sites is 1. The summed E-state index contributed by atoms with van der Waals surface area (Å²) in [6.45, 7) is 5.15. The first kappa shape index (κ1) is 30.0. The molecular formula is C28H35N5O7. The molecule has 0 bridgehead atoms. The Bertz CT molecular complexity index is 1310. The van der Waals surface area contributed by atoms with E-state index in [1.54, 1.807) is 38.2 Å². The Balaban J connectivity index is 1.59. The highest BCUT2D eigenvalue weighted by atomic mass is 16.7. The van der Waals surface area contributed by atoms with Crippen molar-refractivity contribution in [2.45, 2.75) is 45.8 Å². The van der Waals surface area contributed by atoms with E-state index < -0.39 is 30.1 Å². The Hall–Kier alpha value is -4.58. The summed E-state index contributed by atoms with van der Waals surface area (Å²) < 4.78 is 5.44. The minimum absolute atomic E-state index is 0.0397. The summed E-state index contributed by atoms with van der Waals surface area (Å²) in [5.74, 6) is -1.37. The lowest BCUT2D eigenvalue weighted by Crippen LogP contribution is -2.42. The lowest BCUT2D eigenvalue weighted by molar-refractivity contribution is -0.142. The van der Waals surface area contributed by atoms with Crippen molar-refractivity contribution in [2.75, 3.05) is 31.3 Å². The molecule has 12 nitrogen and oxygen atoms in total. The van der Waals surface area contributed by atoms with Gasteiger partial charge in [-0.1, -0.05) is 24.3 Å². The molecule has 12 heteroatoms. The van der Waals surface area contributed by atoms with E-state index in [1.165, 1.54) is 18.9 Å². The van der Waals surface area contributed by atoms with Gasteiger partial charge in [0.2, 0.25) is 11.8 Å². The van der Waals surface area contributed by atoms with Gasteiger partial charge in [-0.2, -0.15) is 0 Å². The number of urea groups is 1. The number of aryl methyl sites for hydroxylation is 1. The van der Waals surface area contributed by atoms with E-state index in [-0.39, 0.29) is 25.3 Å². The number of hydroxylamine groups is 1. The maximum absolute atomic E-state index is 13.0. The summed E-state index contributed by atoms with van der Waals surface area (Å²) in [5, 5.41) is 17.3. The lowest BCUT2D eigenvalue weighted by atomic mass is 10.0. The van der Waals surface area contributed by atoms with Crippen LogP contribution in [0.3, 0.4) is 0 Å². The molecule has 0 aromatic heterocycles. The zero-order valence-electron chi connectivity index (χ0n) is 23.2.